The lowest BCUT2D eigenvalue weighted by molar-refractivity contribution is 0.305. The molecule has 0 saturated carbocycles. The zero-order valence-corrected chi connectivity index (χ0v) is 13.6. The molecule has 0 radical (unpaired) electrons. The molecule has 0 heterocycles. The van der Waals surface area contributed by atoms with Crippen LogP contribution in [0.2, 0.25) is 0 Å². The summed E-state index contributed by atoms with van der Waals surface area (Å²) in [6.07, 6.45) is 1.53. The van der Waals surface area contributed by atoms with Crippen LogP contribution in [0.3, 0.4) is 0 Å². The average Bonchev–Trinajstić information content (AvgIpc) is 2.55. The lowest BCUT2D eigenvalue weighted by Gasteiger charge is -2.23. The first-order valence-electron chi connectivity index (χ1n) is 7.74. The maximum Gasteiger partial charge on any atom is 0.119 e. The summed E-state index contributed by atoms with van der Waals surface area (Å²) in [7, 11) is 0. The molecule has 114 valence electrons. The third-order valence-corrected chi connectivity index (χ3v) is 4.30. The van der Waals surface area contributed by atoms with Gasteiger partial charge in [0.1, 0.15) is 12.4 Å². The van der Waals surface area contributed by atoms with Gasteiger partial charge in [0.05, 0.1) is 12.5 Å². The molecule has 0 atom stereocenters. The van der Waals surface area contributed by atoms with Gasteiger partial charge in [0.25, 0.3) is 0 Å². The fraction of sp³-hybridized carbons (Fsp3) is 0.350. The van der Waals surface area contributed by atoms with Crippen LogP contribution < -0.4 is 4.74 Å². The van der Waals surface area contributed by atoms with E-state index in [0.717, 1.165) is 23.3 Å². The van der Waals surface area contributed by atoms with Crippen molar-refractivity contribution in [3.05, 3.63) is 65.2 Å². The largest absolute Gasteiger partial charge is 0.489 e. The number of benzene rings is 2. The van der Waals surface area contributed by atoms with Crippen LogP contribution in [0.25, 0.3) is 0 Å². The van der Waals surface area contributed by atoms with E-state index in [-0.39, 0.29) is 5.41 Å². The number of nitriles is 1. The van der Waals surface area contributed by atoms with E-state index in [0.29, 0.717) is 13.0 Å². The first-order chi connectivity index (χ1) is 10.6. The SMILES string of the molecule is CCC(C)(C)c1ccc(OCc2ccccc2CC#N)cc1. The van der Waals surface area contributed by atoms with Gasteiger partial charge in [0, 0.05) is 0 Å². The van der Waals surface area contributed by atoms with Crippen LogP contribution in [-0.4, -0.2) is 0 Å². The molecule has 2 rings (SSSR count). The van der Waals surface area contributed by atoms with Crippen molar-refractivity contribution >= 4 is 0 Å². The zero-order chi connectivity index (χ0) is 16.0. The third kappa shape index (κ3) is 3.89. The smallest absolute Gasteiger partial charge is 0.119 e. The van der Waals surface area contributed by atoms with Gasteiger partial charge in [0.2, 0.25) is 0 Å². The maximum absolute atomic E-state index is 8.87. The molecule has 0 aliphatic heterocycles. The van der Waals surface area contributed by atoms with Gasteiger partial charge in [-0.3, -0.25) is 0 Å². The zero-order valence-electron chi connectivity index (χ0n) is 13.6. The molecule has 0 fully saturated rings. The van der Waals surface area contributed by atoms with E-state index in [1.165, 1.54) is 5.56 Å². The highest BCUT2D eigenvalue weighted by atomic mass is 16.5. The number of hydrogen-bond donors (Lipinski definition) is 0. The monoisotopic (exact) mass is 293 g/mol. The van der Waals surface area contributed by atoms with Gasteiger partial charge in [-0.05, 0) is 40.7 Å². The van der Waals surface area contributed by atoms with Gasteiger partial charge in [-0.15, -0.1) is 0 Å². The molecule has 0 saturated heterocycles. The summed E-state index contributed by atoms with van der Waals surface area (Å²) in [5.74, 6) is 0.863. The number of nitrogens with zero attached hydrogens (tertiary/aromatic N) is 1. The van der Waals surface area contributed by atoms with Crippen LogP contribution in [0.1, 0.15) is 43.9 Å². The quantitative estimate of drug-likeness (QED) is 0.749. The molecule has 0 aliphatic rings. The molecule has 2 aromatic rings. The molecule has 2 aromatic carbocycles. The number of rotatable bonds is 6. The molecule has 2 nitrogen and oxygen atoms in total. The van der Waals surface area contributed by atoms with E-state index in [1.54, 1.807) is 0 Å². The van der Waals surface area contributed by atoms with Crippen LogP contribution in [0.5, 0.6) is 5.75 Å². The van der Waals surface area contributed by atoms with Crippen LogP contribution >= 0.6 is 0 Å². The van der Waals surface area contributed by atoms with Crippen molar-refractivity contribution in [2.45, 2.75) is 45.6 Å². The third-order valence-electron chi connectivity index (χ3n) is 4.30. The van der Waals surface area contributed by atoms with Crippen molar-refractivity contribution in [1.29, 1.82) is 5.26 Å². The van der Waals surface area contributed by atoms with Gasteiger partial charge in [-0.1, -0.05) is 57.2 Å². The summed E-state index contributed by atoms with van der Waals surface area (Å²) >= 11 is 0. The highest BCUT2D eigenvalue weighted by molar-refractivity contribution is 5.33. The molecular weight excluding hydrogens is 270 g/mol. The van der Waals surface area contributed by atoms with E-state index in [4.69, 9.17) is 10.00 Å². The topological polar surface area (TPSA) is 33.0 Å². The highest BCUT2D eigenvalue weighted by Crippen LogP contribution is 2.28. The van der Waals surface area contributed by atoms with Crippen molar-refractivity contribution in [1.82, 2.24) is 0 Å². The molecular formula is C20H23NO. The van der Waals surface area contributed by atoms with E-state index in [2.05, 4.69) is 39.0 Å². The van der Waals surface area contributed by atoms with Crippen molar-refractivity contribution in [2.24, 2.45) is 0 Å². The molecule has 0 amide bonds. The minimum Gasteiger partial charge on any atom is -0.489 e. The second kappa shape index (κ2) is 7.13. The fourth-order valence-corrected chi connectivity index (χ4v) is 2.32. The van der Waals surface area contributed by atoms with Gasteiger partial charge in [-0.25, -0.2) is 0 Å². The molecule has 0 spiro atoms. The second-order valence-electron chi connectivity index (χ2n) is 6.15. The normalized spacial score (nSPS) is 11.0. The lowest BCUT2D eigenvalue weighted by atomic mass is 9.82. The first kappa shape index (κ1) is 16.1. The Bertz CT molecular complexity index is 650. The van der Waals surface area contributed by atoms with Crippen LogP contribution in [0, 0.1) is 11.3 Å². The highest BCUT2D eigenvalue weighted by Gasteiger charge is 2.17. The summed E-state index contributed by atoms with van der Waals surface area (Å²) in [5.41, 5.74) is 3.63. The molecule has 0 unspecified atom stereocenters. The molecule has 22 heavy (non-hydrogen) atoms. The van der Waals surface area contributed by atoms with Gasteiger partial charge in [-0.2, -0.15) is 5.26 Å². The molecule has 0 aliphatic carbocycles. The predicted molar refractivity (Wildman–Crippen MR) is 89.9 cm³/mol. The first-order valence-corrected chi connectivity index (χ1v) is 7.74. The Hall–Kier alpha value is -2.27. The van der Waals surface area contributed by atoms with Crippen molar-refractivity contribution < 1.29 is 4.74 Å². The van der Waals surface area contributed by atoms with E-state index < -0.39 is 0 Å². The standard InChI is InChI=1S/C20H23NO/c1-4-20(2,3)18-9-11-19(12-10-18)22-15-17-8-6-5-7-16(17)13-14-21/h5-12H,4,13,15H2,1-3H3. The summed E-state index contributed by atoms with van der Waals surface area (Å²) in [4.78, 5) is 0. The Labute approximate surface area is 133 Å². The van der Waals surface area contributed by atoms with Crippen LogP contribution in [0.4, 0.5) is 0 Å². The van der Waals surface area contributed by atoms with Crippen LogP contribution in [-0.2, 0) is 18.4 Å². The fourth-order valence-electron chi connectivity index (χ4n) is 2.32. The molecule has 2 heteroatoms. The Balaban J connectivity index is 2.05. The second-order valence-corrected chi connectivity index (χ2v) is 6.15. The number of ether oxygens (including phenoxy) is 1. The summed E-state index contributed by atoms with van der Waals surface area (Å²) in [6, 6.07) is 18.5. The molecule has 0 bridgehead atoms. The summed E-state index contributed by atoms with van der Waals surface area (Å²) in [5, 5.41) is 8.87. The average molecular weight is 293 g/mol. The minimum absolute atomic E-state index is 0.192. The molecule has 0 N–H and O–H groups in total. The Morgan fingerprint density at radius 2 is 1.64 bits per heavy atom. The predicted octanol–water partition coefficient (Wildman–Crippen LogP) is 5.02. The van der Waals surface area contributed by atoms with Crippen molar-refractivity contribution in [2.75, 3.05) is 0 Å². The summed E-state index contributed by atoms with van der Waals surface area (Å²) < 4.78 is 5.87. The van der Waals surface area contributed by atoms with E-state index >= 15 is 0 Å². The van der Waals surface area contributed by atoms with E-state index in [9.17, 15) is 0 Å². The van der Waals surface area contributed by atoms with Crippen molar-refractivity contribution in [3.63, 3.8) is 0 Å². The minimum atomic E-state index is 0.192. The Morgan fingerprint density at radius 3 is 2.23 bits per heavy atom. The maximum atomic E-state index is 8.87. The van der Waals surface area contributed by atoms with E-state index in [1.807, 2.05) is 36.4 Å². The van der Waals surface area contributed by atoms with Gasteiger partial charge >= 0.3 is 0 Å². The van der Waals surface area contributed by atoms with Gasteiger partial charge in [0.15, 0.2) is 0 Å². The summed E-state index contributed by atoms with van der Waals surface area (Å²) in [6.45, 7) is 7.20. The lowest BCUT2D eigenvalue weighted by Crippen LogP contribution is -2.15. The molecule has 0 aromatic heterocycles. The van der Waals surface area contributed by atoms with Gasteiger partial charge < -0.3 is 4.74 Å². The van der Waals surface area contributed by atoms with Crippen molar-refractivity contribution in [3.8, 4) is 11.8 Å². The van der Waals surface area contributed by atoms with Crippen LogP contribution in [0.15, 0.2) is 48.5 Å². The Kier molecular flexibility index (Phi) is 5.22. The Morgan fingerprint density at radius 1 is 1.00 bits per heavy atom. The number of hydrogen-bond acceptors (Lipinski definition) is 2.